The summed E-state index contributed by atoms with van der Waals surface area (Å²) < 4.78 is 14.0. The molecule has 0 atom stereocenters. The summed E-state index contributed by atoms with van der Waals surface area (Å²) >= 11 is 0. The first-order chi connectivity index (χ1) is 15.4. The van der Waals surface area contributed by atoms with E-state index in [-0.39, 0.29) is 5.56 Å². The summed E-state index contributed by atoms with van der Waals surface area (Å²) in [5, 5.41) is 0.858. The van der Waals surface area contributed by atoms with Crippen LogP contribution in [-0.4, -0.2) is 17.8 Å². The molecule has 2 rings (SSSR count). The van der Waals surface area contributed by atoms with Crippen molar-refractivity contribution in [1.82, 2.24) is 4.57 Å². The molecule has 0 aliphatic heterocycles. The van der Waals surface area contributed by atoms with Gasteiger partial charge in [0.2, 0.25) is 5.75 Å². The lowest BCUT2D eigenvalue weighted by Crippen LogP contribution is -2.24. The van der Waals surface area contributed by atoms with Crippen molar-refractivity contribution in [3.05, 3.63) is 51.9 Å². The molecule has 0 amide bonds. The van der Waals surface area contributed by atoms with Gasteiger partial charge in [-0.05, 0) is 70.7 Å². The van der Waals surface area contributed by atoms with Gasteiger partial charge in [0, 0.05) is 17.6 Å². The van der Waals surface area contributed by atoms with Gasteiger partial charge in [0.25, 0.3) is 5.56 Å². The van der Waals surface area contributed by atoms with Gasteiger partial charge in [0.15, 0.2) is 5.75 Å². The Bertz CT molecular complexity index is 998. The second-order valence-electron chi connectivity index (χ2n) is 8.63. The molecule has 5 nitrogen and oxygen atoms in total. The molecule has 2 aromatic rings. The molecule has 5 heteroatoms. The van der Waals surface area contributed by atoms with E-state index in [0.717, 1.165) is 49.4 Å². The third-order valence-corrected chi connectivity index (χ3v) is 5.43. The molecule has 0 fully saturated rings. The number of aromatic nitrogens is 1. The summed E-state index contributed by atoms with van der Waals surface area (Å²) in [5.41, 5.74) is 9.94. The molecule has 32 heavy (non-hydrogen) atoms. The van der Waals surface area contributed by atoms with E-state index in [4.69, 9.17) is 15.2 Å². The molecule has 1 aromatic carbocycles. The minimum Gasteiger partial charge on any atom is -0.485 e. The molecule has 0 aliphatic rings. The number of pyridine rings is 1. The van der Waals surface area contributed by atoms with Crippen molar-refractivity contribution in [2.24, 2.45) is 0 Å². The number of hydrogen-bond acceptors (Lipinski definition) is 4. The zero-order chi connectivity index (χ0) is 23.5. The smallest absolute Gasteiger partial charge is 0.297 e. The number of nitrogen functional groups attached to an aromatic ring is 1. The lowest BCUT2D eigenvalue weighted by Gasteiger charge is -2.18. The highest BCUT2D eigenvalue weighted by Crippen LogP contribution is 2.34. The Morgan fingerprint density at radius 3 is 2.47 bits per heavy atom. The summed E-state index contributed by atoms with van der Waals surface area (Å²) in [7, 11) is 0. The summed E-state index contributed by atoms with van der Waals surface area (Å²) in [5.74, 6) is 0.824. The van der Waals surface area contributed by atoms with E-state index in [9.17, 15) is 4.79 Å². The van der Waals surface area contributed by atoms with Crippen molar-refractivity contribution in [1.29, 1.82) is 0 Å². The Kier molecular flexibility index (Phi) is 10.4. The zero-order valence-electron chi connectivity index (χ0n) is 20.5. The van der Waals surface area contributed by atoms with Crippen LogP contribution in [0.15, 0.2) is 46.3 Å². The molecule has 1 aromatic heterocycles. The predicted octanol–water partition coefficient (Wildman–Crippen LogP) is 6.63. The van der Waals surface area contributed by atoms with Crippen molar-refractivity contribution < 1.29 is 9.47 Å². The second-order valence-corrected chi connectivity index (χ2v) is 8.63. The summed E-state index contributed by atoms with van der Waals surface area (Å²) in [4.78, 5) is 13.4. The van der Waals surface area contributed by atoms with Crippen molar-refractivity contribution in [3.8, 4) is 11.5 Å². The molecule has 2 N–H and O–H groups in total. The summed E-state index contributed by atoms with van der Waals surface area (Å²) in [6, 6.07) is 5.63. The van der Waals surface area contributed by atoms with Gasteiger partial charge in [-0.15, -0.1) is 0 Å². The highest BCUT2D eigenvalue weighted by Gasteiger charge is 2.19. The lowest BCUT2D eigenvalue weighted by molar-refractivity contribution is 0.274. The van der Waals surface area contributed by atoms with Crippen LogP contribution in [0.1, 0.15) is 73.1 Å². The van der Waals surface area contributed by atoms with Gasteiger partial charge >= 0.3 is 0 Å². The maximum Gasteiger partial charge on any atom is 0.297 e. The van der Waals surface area contributed by atoms with Crippen molar-refractivity contribution >= 4 is 16.6 Å². The van der Waals surface area contributed by atoms with Gasteiger partial charge in [-0.25, -0.2) is 0 Å². The average Bonchev–Trinajstić information content (AvgIpc) is 2.75. The van der Waals surface area contributed by atoms with Crippen LogP contribution >= 0.6 is 0 Å². The van der Waals surface area contributed by atoms with Crippen molar-refractivity contribution in [3.63, 3.8) is 0 Å². The van der Waals surface area contributed by atoms with Crippen LogP contribution in [0, 0.1) is 0 Å². The SMILES string of the molecule is CCCCOc1c(OCC=C(C)CCC=C(C)C)c2ccc(N)cc2n(CCCC)c1=O. The molecule has 1 heterocycles. The topological polar surface area (TPSA) is 66.5 Å². The molecular formula is C27H40N2O3. The molecule has 0 unspecified atom stereocenters. The van der Waals surface area contributed by atoms with Crippen LogP contribution in [0.25, 0.3) is 10.9 Å². The number of nitrogens with two attached hydrogens (primary N) is 1. The first-order valence-corrected chi connectivity index (χ1v) is 11.9. The van der Waals surface area contributed by atoms with Crippen LogP contribution in [0.3, 0.4) is 0 Å². The number of benzene rings is 1. The van der Waals surface area contributed by atoms with E-state index in [0.29, 0.717) is 36.9 Å². The predicted molar refractivity (Wildman–Crippen MR) is 136 cm³/mol. The van der Waals surface area contributed by atoms with E-state index < -0.39 is 0 Å². The molecular weight excluding hydrogens is 400 g/mol. The number of anilines is 1. The van der Waals surface area contributed by atoms with Gasteiger partial charge in [0.05, 0.1) is 12.1 Å². The van der Waals surface area contributed by atoms with Crippen LogP contribution in [-0.2, 0) is 6.54 Å². The third kappa shape index (κ3) is 7.18. The van der Waals surface area contributed by atoms with E-state index in [2.05, 4.69) is 46.8 Å². The van der Waals surface area contributed by atoms with Gasteiger partial charge in [-0.1, -0.05) is 43.9 Å². The number of allylic oxidation sites excluding steroid dienone is 3. The average molecular weight is 441 g/mol. The number of ether oxygens (including phenoxy) is 2. The number of unbranched alkanes of at least 4 members (excludes halogenated alkanes) is 2. The number of rotatable bonds is 13. The fraction of sp³-hybridized carbons (Fsp3) is 0.519. The van der Waals surface area contributed by atoms with E-state index >= 15 is 0 Å². The van der Waals surface area contributed by atoms with E-state index in [1.807, 2.05) is 18.2 Å². The Morgan fingerprint density at radius 2 is 1.78 bits per heavy atom. The minimum atomic E-state index is -0.146. The highest BCUT2D eigenvalue weighted by molar-refractivity contribution is 5.90. The first kappa shape index (κ1) is 25.6. The van der Waals surface area contributed by atoms with E-state index in [1.54, 1.807) is 4.57 Å². The summed E-state index contributed by atoms with van der Waals surface area (Å²) in [6.45, 7) is 12.1. The first-order valence-electron chi connectivity index (χ1n) is 11.9. The Hall–Kier alpha value is -2.69. The normalized spacial score (nSPS) is 11.6. The van der Waals surface area contributed by atoms with Gasteiger partial charge < -0.3 is 19.8 Å². The maximum atomic E-state index is 13.4. The molecule has 0 saturated heterocycles. The number of hydrogen-bond donors (Lipinski definition) is 1. The Balaban J connectivity index is 2.43. The standard InChI is InChI=1S/C27H40N2O3/c1-6-8-16-29-24-19-22(28)13-14-23(24)25(26(27(29)30)31-17-9-7-2)32-18-15-21(5)12-10-11-20(3)4/h11,13-15,19H,6-10,12,16-18,28H2,1-5H3. The Labute approximate surface area is 192 Å². The minimum absolute atomic E-state index is 0.146. The second kappa shape index (κ2) is 13.0. The lowest BCUT2D eigenvalue weighted by atomic mass is 10.1. The monoisotopic (exact) mass is 440 g/mol. The van der Waals surface area contributed by atoms with Crippen molar-refractivity contribution in [2.45, 2.75) is 79.7 Å². The fourth-order valence-electron chi connectivity index (χ4n) is 3.50. The highest BCUT2D eigenvalue weighted by atomic mass is 16.5. The zero-order valence-corrected chi connectivity index (χ0v) is 20.5. The maximum absolute atomic E-state index is 13.4. The molecule has 0 saturated carbocycles. The third-order valence-electron chi connectivity index (χ3n) is 5.43. The van der Waals surface area contributed by atoms with Crippen LogP contribution < -0.4 is 20.8 Å². The number of nitrogens with zero attached hydrogens (tertiary/aromatic N) is 1. The molecule has 0 aliphatic carbocycles. The van der Waals surface area contributed by atoms with Crippen molar-refractivity contribution in [2.75, 3.05) is 18.9 Å². The molecule has 0 radical (unpaired) electrons. The van der Waals surface area contributed by atoms with Crippen LogP contribution in [0.5, 0.6) is 11.5 Å². The number of fused-ring (bicyclic) bond motifs is 1. The molecule has 0 bridgehead atoms. The Morgan fingerprint density at radius 1 is 1.03 bits per heavy atom. The summed E-state index contributed by atoms with van der Waals surface area (Å²) in [6.07, 6.45) is 10.1. The molecule has 176 valence electrons. The molecule has 0 spiro atoms. The van der Waals surface area contributed by atoms with E-state index in [1.165, 1.54) is 11.1 Å². The largest absolute Gasteiger partial charge is 0.485 e. The van der Waals surface area contributed by atoms with Gasteiger partial charge in [0.1, 0.15) is 6.61 Å². The number of aryl methyl sites for hydroxylation is 1. The fourth-order valence-corrected chi connectivity index (χ4v) is 3.50. The van der Waals surface area contributed by atoms with Crippen LogP contribution in [0.4, 0.5) is 5.69 Å². The van der Waals surface area contributed by atoms with Crippen LogP contribution in [0.2, 0.25) is 0 Å². The van der Waals surface area contributed by atoms with Gasteiger partial charge in [-0.3, -0.25) is 4.79 Å². The quantitative estimate of drug-likeness (QED) is 0.215. The van der Waals surface area contributed by atoms with Gasteiger partial charge in [-0.2, -0.15) is 0 Å².